The lowest BCUT2D eigenvalue weighted by Gasteiger charge is -2.34. The number of hydrogen-bond donors (Lipinski definition) is 2. The van der Waals surface area contributed by atoms with Crippen LogP contribution < -0.4 is 14.8 Å². The van der Waals surface area contributed by atoms with E-state index >= 15 is 0 Å². The number of alkyl carbamates (subject to hydrolysis) is 1. The van der Waals surface area contributed by atoms with Crippen molar-refractivity contribution in [1.82, 2.24) is 10.0 Å². The van der Waals surface area contributed by atoms with E-state index in [0.717, 1.165) is 30.2 Å². The predicted octanol–water partition coefficient (Wildman–Crippen LogP) is 4.00. The van der Waals surface area contributed by atoms with Gasteiger partial charge in [0.2, 0.25) is 10.0 Å². The van der Waals surface area contributed by atoms with E-state index in [-0.39, 0.29) is 12.0 Å². The molecule has 2 N–H and O–H groups in total. The minimum atomic E-state index is -3.39. The van der Waals surface area contributed by atoms with Crippen LogP contribution in [0.15, 0.2) is 42.5 Å². The highest BCUT2D eigenvalue weighted by Gasteiger charge is 2.32. The number of benzene rings is 2. The molecule has 174 valence electrons. The number of nitrogens with one attached hydrogen (secondary N) is 2. The maximum Gasteiger partial charge on any atom is 0.407 e. The standard InChI is InChI=1S/C23H29ClN2O5S/c1-4-30-23(27)25-22-11-9-17-8-10-19(31-15(2)26-32(3,28)29)14-20(17)21(22)13-16-6-5-7-18(24)12-16/h5-8,10,12,14-15,21-22,26H,4,9,11,13H2,1-3H3,(H,25,27). The molecule has 0 saturated carbocycles. The van der Waals surface area contributed by atoms with E-state index in [0.29, 0.717) is 23.8 Å². The van der Waals surface area contributed by atoms with Gasteiger partial charge in [0.25, 0.3) is 0 Å². The second-order valence-electron chi connectivity index (χ2n) is 7.96. The molecule has 0 bridgehead atoms. The summed E-state index contributed by atoms with van der Waals surface area (Å²) in [6, 6.07) is 13.3. The van der Waals surface area contributed by atoms with Gasteiger partial charge < -0.3 is 14.8 Å². The third kappa shape index (κ3) is 6.85. The molecule has 1 aliphatic carbocycles. The quantitative estimate of drug-likeness (QED) is 0.557. The van der Waals surface area contributed by atoms with Crippen LogP contribution >= 0.6 is 11.6 Å². The van der Waals surface area contributed by atoms with E-state index in [1.807, 2.05) is 42.5 Å². The van der Waals surface area contributed by atoms with Gasteiger partial charge in [-0.25, -0.2) is 13.2 Å². The van der Waals surface area contributed by atoms with E-state index in [2.05, 4.69) is 10.0 Å². The molecule has 0 heterocycles. The maximum atomic E-state index is 12.2. The number of halogens is 1. The Hall–Kier alpha value is -2.29. The molecule has 1 aliphatic rings. The molecular weight excluding hydrogens is 452 g/mol. The minimum absolute atomic E-state index is 0.0247. The molecule has 3 rings (SSSR count). The van der Waals surface area contributed by atoms with Crippen LogP contribution in [0.4, 0.5) is 4.79 Å². The summed E-state index contributed by atoms with van der Waals surface area (Å²) in [4.78, 5) is 12.2. The van der Waals surface area contributed by atoms with Crippen LogP contribution in [-0.2, 0) is 27.6 Å². The highest BCUT2D eigenvalue weighted by atomic mass is 35.5. The van der Waals surface area contributed by atoms with E-state index in [1.165, 1.54) is 5.56 Å². The Kier molecular flexibility index (Phi) is 8.03. The SMILES string of the molecule is CCOC(=O)NC1CCc2ccc(OC(C)NS(C)(=O)=O)cc2C1Cc1cccc(Cl)c1. The smallest absolute Gasteiger partial charge is 0.407 e. The summed E-state index contributed by atoms with van der Waals surface area (Å²) in [6.07, 6.45) is 2.19. The lowest BCUT2D eigenvalue weighted by molar-refractivity contribution is 0.144. The topological polar surface area (TPSA) is 93.7 Å². The fourth-order valence-electron chi connectivity index (χ4n) is 4.14. The highest BCUT2D eigenvalue weighted by Crippen LogP contribution is 2.37. The molecule has 3 atom stereocenters. The Morgan fingerprint density at radius 1 is 1.25 bits per heavy atom. The predicted molar refractivity (Wildman–Crippen MR) is 125 cm³/mol. The van der Waals surface area contributed by atoms with E-state index < -0.39 is 22.3 Å². The summed E-state index contributed by atoms with van der Waals surface area (Å²) in [5.74, 6) is 0.531. The molecule has 9 heteroatoms. The number of ether oxygens (including phenoxy) is 2. The summed E-state index contributed by atoms with van der Waals surface area (Å²) < 4.78 is 36.3. The van der Waals surface area contributed by atoms with Crippen LogP contribution in [0.3, 0.4) is 0 Å². The normalized spacial score (nSPS) is 19.0. The Labute approximate surface area is 194 Å². The second kappa shape index (κ2) is 10.6. The van der Waals surface area contributed by atoms with Gasteiger partial charge in [-0.15, -0.1) is 0 Å². The van der Waals surface area contributed by atoms with Crippen molar-refractivity contribution in [2.24, 2.45) is 0 Å². The molecule has 0 radical (unpaired) electrons. The van der Waals surface area contributed by atoms with Crippen LogP contribution in [0.5, 0.6) is 5.75 Å². The molecule has 1 amide bonds. The van der Waals surface area contributed by atoms with Gasteiger partial charge in [-0.1, -0.05) is 29.8 Å². The first-order valence-corrected chi connectivity index (χ1v) is 12.9. The van der Waals surface area contributed by atoms with Gasteiger partial charge in [0.15, 0.2) is 6.23 Å². The van der Waals surface area contributed by atoms with Crippen molar-refractivity contribution >= 4 is 27.7 Å². The number of amides is 1. The van der Waals surface area contributed by atoms with Crippen molar-refractivity contribution in [3.63, 3.8) is 0 Å². The van der Waals surface area contributed by atoms with Crippen molar-refractivity contribution in [3.05, 3.63) is 64.2 Å². The molecule has 0 spiro atoms. The van der Waals surface area contributed by atoms with Gasteiger partial charge in [0.1, 0.15) is 5.75 Å². The zero-order chi connectivity index (χ0) is 23.3. The van der Waals surface area contributed by atoms with Crippen molar-refractivity contribution in [2.75, 3.05) is 12.9 Å². The molecule has 0 aliphatic heterocycles. The molecular formula is C23H29ClN2O5S. The molecule has 3 unspecified atom stereocenters. The van der Waals surface area contributed by atoms with Crippen LogP contribution in [0.2, 0.25) is 5.02 Å². The van der Waals surface area contributed by atoms with Gasteiger partial charge in [0.05, 0.1) is 12.9 Å². The molecule has 0 fully saturated rings. The van der Waals surface area contributed by atoms with Gasteiger partial charge in [-0.2, -0.15) is 4.72 Å². The number of rotatable bonds is 8. The summed E-state index contributed by atoms with van der Waals surface area (Å²) in [5, 5.41) is 3.67. The van der Waals surface area contributed by atoms with Gasteiger partial charge in [0, 0.05) is 17.0 Å². The van der Waals surface area contributed by atoms with Crippen molar-refractivity contribution in [2.45, 2.75) is 51.3 Å². The Bertz CT molecular complexity index is 1060. The van der Waals surface area contributed by atoms with E-state index in [9.17, 15) is 13.2 Å². The number of carbonyl (C=O) groups excluding carboxylic acids is 1. The van der Waals surface area contributed by atoms with Crippen molar-refractivity contribution in [1.29, 1.82) is 0 Å². The molecule has 2 aromatic carbocycles. The first-order valence-electron chi connectivity index (χ1n) is 10.6. The van der Waals surface area contributed by atoms with Crippen molar-refractivity contribution < 1.29 is 22.7 Å². The maximum absolute atomic E-state index is 12.2. The first kappa shape index (κ1) is 24.4. The number of carbonyl (C=O) groups is 1. The summed E-state index contributed by atoms with van der Waals surface area (Å²) in [6.45, 7) is 3.71. The van der Waals surface area contributed by atoms with Crippen molar-refractivity contribution in [3.8, 4) is 5.75 Å². The average molecular weight is 481 g/mol. The molecule has 32 heavy (non-hydrogen) atoms. The Morgan fingerprint density at radius 3 is 2.72 bits per heavy atom. The van der Waals surface area contributed by atoms with Crippen LogP contribution in [0.25, 0.3) is 0 Å². The zero-order valence-electron chi connectivity index (χ0n) is 18.4. The summed E-state index contributed by atoms with van der Waals surface area (Å²) >= 11 is 6.19. The third-order valence-electron chi connectivity index (χ3n) is 5.34. The van der Waals surface area contributed by atoms with E-state index in [1.54, 1.807) is 13.8 Å². The number of sulfonamides is 1. The summed E-state index contributed by atoms with van der Waals surface area (Å²) in [5.41, 5.74) is 3.29. The highest BCUT2D eigenvalue weighted by molar-refractivity contribution is 7.88. The van der Waals surface area contributed by atoms with Crippen LogP contribution in [0, 0.1) is 0 Å². The lowest BCUT2D eigenvalue weighted by Crippen LogP contribution is -2.43. The molecule has 7 nitrogen and oxygen atoms in total. The monoisotopic (exact) mass is 480 g/mol. The fraction of sp³-hybridized carbons (Fsp3) is 0.435. The molecule has 0 aromatic heterocycles. The second-order valence-corrected chi connectivity index (χ2v) is 10.2. The zero-order valence-corrected chi connectivity index (χ0v) is 20.0. The van der Waals surface area contributed by atoms with E-state index in [4.69, 9.17) is 21.1 Å². The first-order chi connectivity index (χ1) is 15.1. The van der Waals surface area contributed by atoms with Gasteiger partial charge in [-0.05, 0) is 74.1 Å². The number of hydrogen-bond acceptors (Lipinski definition) is 5. The average Bonchev–Trinajstić information content (AvgIpc) is 2.68. The lowest BCUT2D eigenvalue weighted by atomic mass is 9.76. The molecule has 0 saturated heterocycles. The number of fused-ring (bicyclic) bond motifs is 1. The number of aryl methyl sites for hydroxylation is 1. The Balaban J connectivity index is 1.90. The Morgan fingerprint density at radius 2 is 2.03 bits per heavy atom. The third-order valence-corrected chi connectivity index (χ3v) is 6.34. The van der Waals surface area contributed by atoms with Gasteiger partial charge >= 0.3 is 6.09 Å². The minimum Gasteiger partial charge on any atom is -0.475 e. The van der Waals surface area contributed by atoms with Crippen LogP contribution in [0.1, 0.15) is 42.9 Å². The largest absolute Gasteiger partial charge is 0.475 e. The molecule has 2 aromatic rings. The van der Waals surface area contributed by atoms with Crippen LogP contribution in [-0.4, -0.2) is 39.6 Å². The fourth-order valence-corrected chi connectivity index (χ4v) is 5.01. The summed E-state index contributed by atoms with van der Waals surface area (Å²) in [7, 11) is -3.39. The van der Waals surface area contributed by atoms with Gasteiger partial charge in [-0.3, -0.25) is 0 Å².